The third-order valence-electron chi connectivity index (χ3n) is 2.89. The van der Waals surface area contributed by atoms with Gasteiger partial charge in [-0.05, 0) is 44.5 Å². The fourth-order valence-corrected chi connectivity index (χ4v) is 1.92. The number of nitrogens with one attached hydrogen (secondary N) is 1. The van der Waals surface area contributed by atoms with Crippen LogP contribution in [0.1, 0.15) is 27.2 Å². The van der Waals surface area contributed by atoms with Crippen LogP contribution in [-0.2, 0) is 4.79 Å². The molecule has 0 spiro atoms. The average molecular weight is 249 g/mol. The Kier molecular flexibility index (Phi) is 5.49. The highest BCUT2D eigenvalue weighted by Gasteiger charge is 2.20. The minimum Gasteiger partial charge on any atom is -0.399 e. The van der Waals surface area contributed by atoms with Gasteiger partial charge in [0, 0.05) is 24.5 Å². The molecule has 0 aromatic heterocycles. The standard InChI is InChI=1S/C14H23N3O/c1-4-10-17(11(3)14(18)16-5-2)13-8-6-12(15)7-9-13/h6-9,11H,4-5,10,15H2,1-3H3,(H,16,18). The quantitative estimate of drug-likeness (QED) is 0.758. The fourth-order valence-electron chi connectivity index (χ4n) is 1.92. The molecule has 0 bridgehead atoms. The van der Waals surface area contributed by atoms with Crippen molar-refractivity contribution >= 4 is 17.3 Å². The van der Waals surface area contributed by atoms with Crippen LogP contribution in [0.3, 0.4) is 0 Å². The van der Waals surface area contributed by atoms with Crippen LogP contribution < -0.4 is 16.0 Å². The van der Waals surface area contributed by atoms with Crippen LogP contribution >= 0.6 is 0 Å². The smallest absolute Gasteiger partial charge is 0.242 e. The average Bonchev–Trinajstić information content (AvgIpc) is 2.37. The molecule has 1 unspecified atom stereocenters. The van der Waals surface area contributed by atoms with Crippen molar-refractivity contribution in [1.82, 2.24) is 5.32 Å². The molecule has 1 aromatic carbocycles. The number of carbonyl (C=O) groups is 1. The third-order valence-corrected chi connectivity index (χ3v) is 2.89. The summed E-state index contributed by atoms with van der Waals surface area (Å²) in [4.78, 5) is 14.0. The summed E-state index contributed by atoms with van der Waals surface area (Å²) < 4.78 is 0. The Hall–Kier alpha value is -1.71. The lowest BCUT2D eigenvalue weighted by molar-refractivity contribution is -0.121. The van der Waals surface area contributed by atoms with E-state index in [1.165, 1.54) is 0 Å². The summed E-state index contributed by atoms with van der Waals surface area (Å²) >= 11 is 0. The number of rotatable bonds is 6. The Labute approximate surface area is 109 Å². The van der Waals surface area contributed by atoms with Crippen molar-refractivity contribution in [3.8, 4) is 0 Å². The van der Waals surface area contributed by atoms with Gasteiger partial charge in [0.25, 0.3) is 0 Å². The van der Waals surface area contributed by atoms with Crippen molar-refractivity contribution < 1.29 is 4.79 Å². The molecule has 18 heavy (non-hydrogen) atoms. The van der Waals surface area contributed by atoms with Crippen LogP contribution in [-0.4, -0.2) is 25.0 Å². The molecule has 1 aromatic rings. The predicted octanol–water partition coefficient (Wildman–Crippen LogP) is 2.01. The first-order valence-electron chi connectivity index (χ1n) is 6.50. The number of likely N-dealkylation sites (N-methyl/N-ethyl adjacent to an activating group) is 1. The van der Waals surface area contributed by atoms with Crippen LogP contribution in [0.2, 0.25) is 0 Å². The van der Waals surface area contributed by atoms with Gasteiger partial charge in [-0.2, -0.15) is 0 Å². The number of nitrogen functional groups attached to an aromatic ring is 1. The van der Waals surface area contributed by atoms with Crippen molar-refractivity contribution in [2.45, 2.75) is 33.2 Å². The minimum atomic E-state index is -0.173. The summed E-state index contributed by atoms with van der Waals surface area (Å²) in [6, 6.07) is 7.47. The number of hydrogen-bond donors (Lipinski definition) is 2. The largest absolute Gasteiger partial charge is 0.399 e. The number of benzene rings is 1. The molecule has 1 rings (SSSR count). The van der Waals surface area contributed by atoms with E-state index in [0.29, 0.717) is 6.54 Å². The molecule has 0 aliphatic heterocycles. The van der Waals surface area contributed by atoms with E-state index < -0.39 is 0 Å². The van der Waals surface area contributed by atoms with Crippen molar-refractivity contribution in [1.29, 1.82) is 0 Å². The van der Waals surface area contributed by atoms with Crippen LogP contribution in [0.15, 0.2) is 24.3 Å². The molecule has 0 radical (unpaired) electrons. The molecule has 0 fully saturated rings. The highest BCUT2D eigenvalue weighted by atomic mass is 16.2. The van der Waals surface area contributed by atoms with Crippen molar-refractivity contribution in [2.75, 3.05) is 23.7 Å². The molecule has 0 saturated heterocycles. The minimum absolute atomic E-state index is 0.0581. The van der Waals surface area contributed by atoms with Crippen LogP contribution in [0.5, 0.6) is 0 Å². The number of amides is 1. The lowest BCUT2D eigenvalue weighted by Crippen LogP contribution is -2.45. The zero-order chi connectivity index (χ0) is 13.5. The van der Waals surface area contributed by atoms with Crippen molar-refractivity contribution in [2.24, 2.45) is 0 Å². The summed E-state index contributed by atoms with van der Waals surface area (Å²) in [5.41, 5.74) is 7.46. The molecule has 4 heteroatoms. The van der Waals surface area contributed by atoms with Gasteiger partial charge in [0.1, 0.15) is 6.04 Å². The van der Waals surface area contributed by atoms with E-state index in [1.807, 2.05) is 38.1 Å². The molecule has 0 aliphatic rings. The first-order valence-corrected chi connectivity index (χ1v) is 6.50. The molecule has 4 nitrogen and oxygen atoms in total. The van der Waals surface area contributed by atoms with Gasteiger partial charge in [-0.25, -0.2) is 0 Å². The Morgan fingerprint density at radius 2 is 1.94 bits per heavy atom. The Bertz CT molecular complexity index is 375. The topological polar surface area (TPSA) is 58.4 Å². The molecule has 3 N–H and O–H groups in total. The maximum atomic E-state index is 11.9. The van der Waals surface area contributed by atoms with Gasteiger partial charge in [0.05, 0.1) is 0 Å². The van der Waals surface area contributed by atoms with E-state index >= 15 is 0 Å². The van der Waals surface area contributed by atoms with Crippen molar-refractivity contribution in [3.63, 3.8) is 0 Å². The lowest BCUT2D eigenvalue weighted by Gasteiger charge is -2.30. The Morgan fingerprint density at radius 1 is 1.33 bits per heavy atom. The summed E-state index contributed by atoms with van der Waals surface area (Å²) in [6.45, 7) is 7.47. The molecular formula is C14H23N3O. The van der Waals surface area contributed by atoms with Gasteiger partial charge in [-0.15, -0.1) is 0 Å². The van der Waals surface area contributed by atoms with E-state index in [-0.39, 0.29) is 11.9 Å². The number of carbonyl (C=O) groups excluding carboxylic acids is 1. The van der Waals surface area contributed by atoms with Crippen LogP contribution in [0.4, 0.5) is 11.4 Å². The summed E-state index contributed by atoms with van der Waals surface area (Å²) in [5, 5.41) is 2.86. The monoisotopic (exact) mass is 249 g/mol. The van der Waals surface area contributed by atoms with E-state index in [4.69, 9.17) is 5.73 Å². The molecule has 0 heterocycles. The van der Waals surface area contributed by atoms with Gasteiger partial charge in [0.2, 0.25) is 5.91 Å². The summed E-state index contributed by atoms with van der Waals surface area (Å²) in [5.74, 6) is 0.0581. The van der Waals surface area contributed by atoms with Gasteiger partial charge >= 0.3 is 0 Å². The zero-order valence-electron chi connectivity index (χ0n) is 11.4. The second kappa shape index (κ2) is 6.89. The summed E-state index contributed by atoms with van der Waals surface area (Å²) in [7, 11) is 0. The number of nitrogens with two attached hydrogens (primary N) is 1. The molecule has 1 atom stereocenters. The van der Waals surface area contributed by atoms with E-state index in [0.717, 1.165) is 24.3 Å². The summed E-state index contributed by atoms with van der Waals surface area (Å²) in [6.07, 6.45) is 0.994. The van der Waals surface area contributed by atoms with Gasteiger partial charge < -0.3 is 16.0 Å². The number of anilines is 2. The molecule has 100 valence electrons. The third kappa shape index (κ3) is 3.65. The number of hydrogen-bond acceptors (Lipinski definition) is 3. The molecule has 0 aliphatic carbocycles. The Balaban J connectivity index is 2.87. The first-order chi connectivity index (χ1) is 8.60. The molecule has 1 amide bonds. The molecular weight excluding hydrogens is 226 g/mol. The Morgan fingerprint density at radius 3 is 2.44 bits per heavy atom. The molecule has 0 saturated carbocycles. The van der Waals surface area contributed by atoms with Crippen LogP contribution in [0, 0.1) is 0 Å². The van der Waals surface area contributed by atoms with Crippen LogP contribution in [0.25, 0.3) is 0 Å². The first kappa shape index (κ1) is 14.4. The SMILES string of the molecule is CCCN(c1ccc(N)cc1)C(C)C(=O)NCC. The second-order valence-corrected chi connectivity index (χ2v) is 4.36. The maximum absolute atomic E-state index is 11.9. The predicted molar refractivity (Wildman–Crippen MR) is 76.6 cm³/mol. The fraction of sp³-hybridized carbons (Fsp3) is 0.500. The van der Waals surface area contributed by atoms with Crippen molar-refractivity contribution in [3.05, 3.63) is 24.3 Å². The maximum Gasteiger partial charge on any atom is 0.242 e. The van der Waals surface area contributed by atoms with Gasteiger partial charge in [0.15, 0.2) is 0 Å². The van der Waals surface area contributed by atoms with Gasteiger partial charge in [-0.1, -0.05) is 6.92 Å². The highest BCUT2D eigenvalue weighted by Crippen LogP contribution is 2.19. The van der Waals surface area contributed by atoms with E-state index in [9.17, 15) is 4.79 Å². The normalized spacial score (nSPS) is 11.9. The number of nitrogens with zero attached hydrogens (tertiary/aromatic N) is 1. The zero-order valence-corrected chi connectivity index (χ0v) is 11.4. The second-order valence-electron chi connectivity index (χ2n) is 4.36. The highest BCUT2D eigenvalue weighted by molar-refractivity contribution is 5.84. The van der Waals surface area contributed by atoms with E-state index in [2.05, 4.69) is 17.1 Å². The lowest BCUT2D eigenvalue weighted by atomic mass is 10.2. The van der Waals surface area contributed by atoms with E-state index in [1.54, 1.807) is 0 Å². The van der Waals surface area contributed by atoms with Gasteiger partial charge in [-0.3, -0.25) is 4.79 Å².